The van der Waals surface area contributed by atoms with Crippen molar-refractivity contribution in [1.82, 2.24) is 24.7 Å². The van der Waals surface area contributed by atoms with Crippen LogP contribution in [0.2, 0.25) is 0 Å². The van der Waals surface area contributed by atoms with E-state index in [4.69, 9.17) is 9.40 Å². The largest absolute Gasteiger partial charge is 0.465 e. The van der Waals surface area contributed by atoms with Crippen molar-refractivity contribution in [3.8, 4) is 0 Å². The van der Waals surface area contributed by atoms with E-state index in [1.165, 1.54) is 4.90 Å². The smallest absolute Gasteiger partial charge is 0.407 e. The average molecular weight is 488 g/mol. The zero-order valence-corrected chi connectivity index (χ0v) is 18.9. The quantitative estimate of drug-likeness (QED) is 0.541. The van der Waals surface area contributed by atoms with Crippen molar-refractivity contribution in [2.45, 2.75) is 32.5 Å². The summed E-state index contributed by atoms with van der Waals surface area (Å²) >= 11 is 3.47. The molecular formula is C21H22BrN5O4. The van der Waals surface area contributed by atoms with E-state index in [1.807, 2.05) is 18.3 Å². The Kier molecular flexibility index (Phi) is 4.34. The Balaban J connectivity index is 1.66. The van der Waals surface area contributed by atoms with Crippen molar-refractivity contribution in [3.05, 3.63) is 45.0 Å². The van der Waals surface area contributed by atoms with Gasteiger partial charge in [-0.3, -0.25) is 4.79 Å². The lowest BCUT2D eigenvalue weighted by molar-refractivity contribution is 0.0202. The van der Waals surface area contributed by atoms with Gasteiger partial charge in [0.2, 0.25) is 5.58 Å². The molecular weight excluding hydrogens is 466 g/mol. The molecule has 0 radical (unpaired) electrons. The zero-order chi connectivity index (χ0) is 22.1. The first-order valence-corrected chi connectivity index (χ1v) is 10.8. The number of hydrogen-bond acceptors (Lipinski definition) is 6. The number of aromatic amines is 1. The molecule has 2 aliphatic heterocycles. The lowest BCUT2D eigenvalue weighted by Gasteiger charge is -2.46. The monoisotopic (exact) mass is 487 g/mol. The molecule has 0 spiro atoms. The minimum atomic E-state index is -0.926. The second-order valence-corrected chi connectivity index (χ2v) is 9.75. The van der Waals surface area contributed by atoms with Crippen LogP contribution < -0.4 is 5.56 Å². The van der Waals surface area contributed by atoms with Gasteiger partial charge in [0.15, 0.2) is 5.82 Å². The van der Waals surface area contributed by atoms with Crippen LogP contribution in [-0.2, 0) is 0 Å². The fourth-order valence-electron chi connectivity index (χ4n) is 4.44. The number of carboxylic acid groups (broad SMARTS) is 1. The van der Waals surface area contributed by atoms with E-state index in [1.54, 1.807) is 6.07 Å². The molecule has 5 rings (SSSR count). The van der Waals surface area contributed by atoms with E-state index in [0.29, 0.717) is 36.6 Å². The number of H-pyrrole nitrogens is 1. The van der Waals surface area contributed by atoms with Crippen molar-refractivity contribution < 1.29 is 14.3 Å². The number of rotatable bonds is 1. The number of halogens is 1. The fourth-order valence-corrected chi connectivity index (χ4v) is 4.80. The number of piperazine rings is 1. The van der Waals surface area contributed by atoms with Gasteiger partial charge in [-0.2, -0.15) is 0 Å². The number of hydrogen-bond donors (Lipinski definition) is 2. The van der Waals surface area contributed by atoms with Crippen LogP contribution in [0.5, 0.6) is 0 Å². The third-order valence-corrected chi connectivity index (χ3v) is 6.26. The predicted octanol–water partition coefficient (Wildman–Crippen LogP) is 3.47. The highest BCUT2D eigenvalue weighted by Gasteiger charge is 2.43. The molecule has 4 heterocycles. The summed E-state index contributed by atoms with van der Waals surface area (Å²) in [5, 5.41) is 10.2. The van der Waals surface area contributed by atoms with Gasteiger partial charge in [-0.25, -0.2) is 9.78 Å². The number of nitrogens with zero attached hydrogens (tertiary/aromatic N) is 4. The van der Waals surface area contributed by atoms with Crippen LogP contribution in [0, 0.1) is 0 Å². The standard InChI is InChI=1S/C21H22BrN5O4/c1-21(2,3)27-13(9-25-6-7-26(20(29)30)10-15(25)27)18-23-16-12-8-11(22)4-5-14(12)31-17(16)19(28)24-18/h4-5,8-9,15H,6-7,10H2,1-3H3,(H,29,30)(H,23,24,28). The predicted molar refractivity (Wildman–Crippen MR) is 119 cm³/mol. The summed E-state index contributed by atoms with van der Waals surface area (Å²) < 4.78 is 6.61. The molecule has 2 N–H and O–H groups in total. The first kappa shape index (κ1) is 19.9. The van der Waals surface area contributed by atoms with Gasteiger partial charge in [0, 0.05) is 34.7 Å². The Hall–Kier alpha value is -3.01. The SMILES string of the molecule is CC(C)(C)N1C(c2nc3c(oc4ccc(Br)cc43)c(=O)[nH]2)=CN2CCN(C(=O)O)CC21. The third kappa shape index (κ3) is 3.16. The summed E-state index contributed by atoms with van der Waals surface area (Å²) in [6.45, 7) is 7.53. The van der Waals surface area contributed by atoms with Crippen LogP contribution in [0.4, 0.5) is 4.79 Å². The molecule has 1 fully saturated rings. The first-order chi connectivity index (χ1) is 14.6. The van der Waals surface area contributed by atoms with E-state index >= 15 is 0 Å². The van der Waals surface area contributed by atoms with Crippen molar-refractivity contribution in [2.75, 3.05) is 19.6 Å². The number of furan rings is 1. The van der Waals surface area contributed by atoms with Crippen LogP contribution in [0.1, 0.15) is 26.6 Å². The van der Waals surface area contributed by atoms with Gasteiger partial charge in [0.1, 0.15) is 17.3 Å². The lowest BCUT2D eigenvalue weighted by atomic mass is 10.0. The summed E-state index contributed by atoms with van der Waals surface area (Å²) in [5.74, 6) is 0.436. The molecule has 9 nitrogen and oxygen atoms in total. The Morgan fingerprint density at radius 3 is 2.81 bits per heavy atom. The van der Waals surface area contributed by atoms with Gasteiger partial charge >= 0.3 is 6.09 Å². The molecule has 1 aromatic carbocycles. The van der Waals surface area contributed by atoms with E-state index in [0.717, 1.165) is 15.6 Å². The topological polar surface area (TPSA) is 106 Å². The number of nitrogens with one attached hydrogen (secondary N) is 1. The van der Waals surface area contributed by atoms with Gasteiger partial charge in [-0.05, 0) is 39.0 Å². The van der Waals surface area contributed by atoms with Crippen LogP contribution in [-0.4, -0.2) is 67.2 Å². The highest BCUT2D eigenvalue weighted by Crippen LogP contribution is 2.37. The highest BCUT2D eigenvalue weighted by atomic mass is 79.9. The second kappa shape index (κ2) is 6.74. The van der Waals surface area contributed by atoms with Crippen molar-refractivity contribution in [1.29, 1.82) is 0 Å². The Labute approximate surface area is 186 Å². The van der Waals surface area contributed by atoms with Gasteiger partial charge in [-0.15, -0.1) is 0 Å². The summed E-state index contributed by atoms with van der Waals surface area (Å²) in [6.07, 6.45) is 0.874. The minimum Gasteiger partial charge on any atom is -0.465 e. The van der Waals surface area contributed by atoms with E-state index < -0.39 is 6.09 Å². The minimum absolute atomic E-state index is 0.170. The molecule has 3 aromatic rings. The Morgan fingerprint density at radius 1 is 1.32 bits per heavy atom. The maximum atomic E-state index is 12.9. The molecule has 0 aliphatic carbocycles. The van der Waals surface area contributed by atoms with E-state index in [9.17, 15) is 14.7 Å². The Bertz CT molecular complexity index is 1300. The molecule has 31 heavy (non-hydrogen) atoms. The molecule has 2 aromatic heterocycles. The summed E-state index contributed by atoms with van der Waals surface area (Å²) in [4.78, 5) is 37.8. The van der Waals surface area contributed by atoms with Crippen molar-refractivity contribution in [2.24, 2.45) is 0 Å². The van der Waals surface area contributed by atoms with E-state index in [2.05, 4.69) is 51.5 Å². The fraction of sp³-hybridized carbons (Fsp3) is 0.381. The molecule has 10 heteroatoms. The van der Waals surface area contributed by atoms with Gasteiger partial charge in [-0.1, -0.05) is 15.9 Å². The van der Waals surface area contributed by atoms with Crippen LogP contribution in [0.15, 0.2) is 38.1 Å². The second-order valence-electron chi connectivity index (χ2n) is 8.84. The molecule has 162 valence electrons. The third-order valence-electron chi connectivity index (χ3n) is 5.76. The molecule has 1 amide bonds. The summed E-state index contributed by atoms with van der Waals surface area (Å²) in [7, 11) is 0. The van der Waals surface area contributed by atoms with Crippen LogP contribution in [0.3, 0.4) is 0 Å². The Morgan fingerprint density at radius 2 is 2.10 bits per heavy atom. The molecule has 0 bridgehead atoms. The van der Waals surface area contributed by atoms with E-state index in [-0.39, 0.29) is 22.8 Å². The van der Waals surface area contributed by atoms with Crippen LogP contribution >= 0.6 is 15.9 Å². The average Bonchev–Trinajstić information content (AvgIpc) is 3.26. The van der Waals surface area contributed by atoms with Crippen molar-refractivity contribution >= 4 is 49.8 Å². The molecule has 1 unspecified atom stereocenters. The number of amides is 1. The molecule has 2 aliphatic rings. The number of benzene rings is 1. The number of fused-ring (bicyclic) bond motifs is 4. The summed E-state index contributed by atoms with van der Waals surface area (Å²) in [6, 6.07) is 5.54. The maximum Gasteiger partial charge on any atom is 0.407 e. The van der Waals surface area contributed by atoms with Gasteiger partial charge in [0.05, 0.1) is 12.2 Å². The molecule has 0 saturated carbocycles. The normalized spacial score (nSPS) is 19.3. The molecule has 1 saturated heterocycles. The highest BCUT2D eigenvalue weighted by molar-refractivity contribution is 9.10. The zero-order valence-electron chi connectivity index (χ0n) is 17.3. The summed E-state index contributed by atoms with van der Waals surface area (Å²) in [5.41, 5.74) is 1.36. The van der Waals surface area contributed by atoms with Gasteiger partial charge < -0.3 is 29.2 Å². The number of carbonyl (C=O) groups is 1. The molecule has 1 atom stereocenters. The first-order valence-electron chi connectivity index (χ1n) is 10.0. The van der Waals surface area contributed by atoms with Crippen molar-refractivity contribution in [3.63, 3.8) is 0 Å². The number of aromatic nitrogens is 2. The van der Waals surface area contributed by atoms with Crippen LogP contribution in [0.25, 0.3) is 27.8 Å². The lowest BCUT2D eigenvalue weighted by Crippen LogP contribution is -2.59. The van der Waals surface area contributed by atoms with Gasteiger partial charge in [0.25, 0.3) is 5.56 Å². The maximum absolute atomic E-state index is 12.9.